The van der Waals surface area contributed by atoms with E-state index in [1.807, 2.05) is 37.3 Å². The topological polar surface area (TPSA) is 54.9 Å². The Morgan fingerprint density at radius 3 is 2.76 bits per heavy atom. The molecule has 2 aromatic rings. The van der Waals surface area contributed by atoms with Gasteiger partial charge < -0.3 is 5.32 Å². The Hall–Kier alpha value is -1.05. The van der Waals surface area contributed by atoms with Crippen LogP contribution < -0.4 is 5.32 Å². The maximum Gasteiger partial charge on any atom is 0.230 e. The van der Waals surface area contributed by atoms with Crippen molar-refractivity contribution in [2.24, 2.45) is 0 Å². The third kappa shape index (κ3) is 6.50. The minimum absolute atomic E-state index is 0.0839. The summed E-state index contributed by atoms with van der Waals surface area (Å²) in [5, 5.41) is 12.0. The number of amides is 1. The Bertz CT molecular complexity index is 560. The summed E-state index contributed by atoms with van der Waals surface area (Å²) in [6.07, 6.45) is 0.936. The number of hydrogen-bond acceptors (Lipinski definition) is 6. The molecule has 0 aliphatic carbocycles. The van der Waals surface area contributed by atoms with Crippen molar-refractivity contribution in [2.45, 2.75) is 22.6 Å². The van der Waals surface area contributed by atoms with E-state index in [1.54, 1.807) is 34.9 Å². The van der Waals surface area contributed by atoms with Crippen LogP contribution in [0.4, 0.5) is 0 Å². The monoisotopic (exact) mass is 339 g/mol. The molecule has 0 bridgehead atoms. The van der Waals surface area contributed by atoms with Crippen LogP contribution in [0, 0.1) is 6.92 Å². The first-order valence-corrected chi connectivity index (χ1v) is 9.40. The highest BCUT2D eigenvalue weighted by Crippen LogP contribution is 2.22. The molecule has 0 saturated carbocycles. The summed E-state index contributed by atoms with van der Waals surface area (Å²) >= 11 is 4.86. The number of thioether (sulfide) groups is 2. The van der Waals surface area contributed by atoms with Crippen LogP contribution in [0.25, 0.3) is 0 Å². The normalized spacial score (nSPS) is 10.5. The van der Waals surface area contributed by atoms with Gasteiger partial charge in [0.15, 0.2) is 4.34 Å². The maximum atomic E-state index is 11.7. The molecule has 1 aromatic carbocycles. The van der Waals surface area contributed by atoms with Crippen molar-refractivity contribution in [3.05, 3.63) is 35.3 Å². The first-order valence-electron chi connectivity index (χ1n) is 6.61. The van der Waals surface area contributed by atoms with E-state index < -0.39 is 0 Å². The molecule has 0 saturated heterocycles. The number of hydrogen-bond donors (Lipinski definition) is 1. The van der Waals surface area contributed by atoms with Crippen molar-refractivity contribution in [2.75, 3.05) is 18.1 Å². The molecule has 0 atom stereocenters. The minimum Gasteiger partial charge on any atom is -0.355 e. The summed E-state index contributed by atoms with van der Waals surface area (Å²) < 4.78 is 0.999. The highest BCUT2D eigenvalue weighted by molar-refractivity contribution is 8.01. The smallest absolute Gasteiger partial charge is 0.230 e. The van der Waals surface area contributed by atoms with Crippen molar-refractivity contribution >= 4 is 40.8 Å². The van der Waals surface area contributed by atoms with Gasteiger partial charge in [-0.15, -0.1) is 22.0 Å². The third-order valence-electron chi connectivity index (χ3n) is 2.49. The average Bonchev–Trinajstić information content (AvgIpc) is 2.91. The van der Waals surface area contributed by atoms with E-state index in [4.69, 9.17) is 0 Å². The lowest BCUT2D eigenvalue weighted by Gasteiger charge is -2.04. The van der Waals surface area contributed by atoms with E-state index in [0.29, 0.717) is 12.3 Å². The van der Waals surface area contributed by atoms with Gasteiger partial charge in [0.25, 0.3) is 0 Å². The number of carbonyl (C=O) groups is 1. The fourth-order valence-electron chi connectivity index (χ4n) is 1.51. The van der Waals surface area contributed by atoms with Crippen molar-refractivity contribution in [3.63, 3.8) is 0 Å². The Labute approximate surface area is 137 Å². The summed E-state index contributed by atoms with van der Waals surface area (Å²) in [5.74, 6) is 1.49. The highest BCUT2D eigenvalue weighted by Gasteiger charge is 2.03. The van der Waals surface area contributed by atoms with Crippen molar-refractivity contribution < 1.29 is 4.79 Å². The predicted octanol–water partition coefficient (Wildman–Crippen LogP) is 3.24. The van der Waals surface area contributed by atoms with Crippen LogP contribution in [0.1, 0.15) is 11.4 Å². The molecule has 0 aliphatic heterocycles. The molecular formula is C14H17N3OS3. The molecule has 21 heavy (non-hydrogen) atoms. The molecule has 1 amide bonds. The second-order valence-corrected chi connectivity index (χ2v) is 7.81. The maximum absolute atomic E-state index is 11.7. The summed E-state index contributed by atoms with van der Waals surface area (Å²) in [6.45, 7) is 2.66. The summed E-state index contributed by atoms with van der Waals surface area (Å²) in [4.78, 5) is 12.8. The number of aryl methyl sites for hydroxylation is 1. The molecule has 7 heteroatoms. The number of nitrogens with zero attached hydrogens (tertiary/aromatic N) is 2. The molecule has 0 spiro atoms. The lowest BCUT2D eigenvalue weighted by atomic mass is 10.4. The molecular weight excluding hydrogens is 322 g/mol. The highest BCUT2D eigenvalue weighted by atomic mass is 32.2. The van der Waals surface area contributed by atoms with E-state index in [0.717, 1.165) is 26.4 Å². The fourth-order valence-corrected chi connectivity index (χ4v) is 4.09. The summed E-state index contributed by atoms with van der Waals surface area (Å²) in [5.41, 5.74) is 0. The van der Waals surface area contributed by atoms with E-state index in [9.17, 15) is 4.79 Å². The van der Waals surface area contributed by atoms with Gasteiger partial charge in [-0.3, -0.25) is 4.79 Å². The fraction of sp³-hybridized carbons (Fsp3) is 0.357. The second-order valence-electron chi connectivity index (χ2n) is 4.24. The van der Waals surface area contributed by atoms with Gasteiger partial charge in [0, 0.05) is 17.2 Å². The van der Waals surface area contributed by atoms with Gasteiger partial charge >= 0.3 is 0 Å². The SMILES string of the molecule is Cc1nnc(SCCCNC(=O)CSc2ccccc2)s1. The lowest BCUT2D eigenvalue weighted by Crippen LogP contribution is -2.26. The zero-order chi connectivity index (χ0) is 14.9. The molecule has 1 aromatic heterocycles. The van der Waals surface area contributed by atoms with Gasteiger partial charge in [-0.25, -0.2) is 0 Å². The molecule has 0 aliphatic rings. The van der Waals surface area contributed by atoms with E-state index in [-0.39, 0.29) is 5.91 Å². The van der Waals surface area contributed by atoms with E-state index in [2.05, 4.69) is 15.5 Å². The van der Waals surface area contributed by atoms with E-state index >= 15 is 0 Å². The van der Waals surface area contributed by atoms with Crippen LogP contribution in [0.15, 0.2) is 39.6 Å². The Kier molecular flexibility index (Phi) is 7.05. The van der Waals surface area contributed by atoms with Crippen LogP contribution in [0.3, 0.4) is 0 Å². The molecule has 0 unspecified atom stereocenters. The third-order valence-corrected chi connectivity index (χ3v) is 5.56. The second kappa shape index (κ2) is 9.07. The number of benzene rings is 1. The number of rotatable bonds is 8. The molecule has 112 valence electrons. The minimum atomic E-state index is 0.0839. The molecule has 2 rings (SSSR count). The zero-order valence-corrected chi connectivity index (χ0v) is 14.2. The van der Waals surface area contributed by atoms with Crippen molar-refractivity contribution in [1.29, 1.82) is 0 Å². The van der Waals surface area contributed by atoms with Crippen molar-refractivity contribution in [3.8, 4) is 0 Å². The molecule has 0 fully saturated rings. The summed E-state index contributed by atoms with van der Waals surface area (Å²) in [6, 6.07) is 9.96. The van der Waals surface area contributed by atoms with Gasteiger partial charge in [0.05, 0.1) is 5.75 Å². The molecule has 1 heterocycles. The van der Waals surface area contributed by atoms with Crippen LogP contribution in [0.5, 0.6) is 0 Å². The zero-order valence-electron chi connectivity index (χ0n) is 11.7. The first-order chi connectivity index (χ1) is 10.2. The summed E-state index contributed by atoms with van der Waals surface area (Å²) in [7, 11) is 0. The molecule has 4 nitrogen and oxygen atoms in total. The van der Waals surface area contributed by atoms with Crippen LogP contribution >= 0.6 is 34.9 Å². The first kappa shape index (κ1) is 16.3. The Balaban J connectivity index is 1.53. The number of carbonyl (C=O) groups excluding carboxylic acids is 1. The van der Waals surface area contributed by atoms with Gasteiger partial charge in [-0.2, -0.15) is 0 Å². The standard InChI is InChI=1S/C14H17N3OS3/c1-11-16-17-14(21-11)19-9-5-8-15-13(18)10-20-12-6-3-2-4-7-12/h2-4,6-7H,5,8-10H2,1H3,(H,15,18). The van der Waals surface area contributed by atoms with Gasteiger partial charge in [0.2, 0.25) is 5.91 Å². The quantitative estimate of drug-likeness (QED) is 0.591. The van der Waals surface area contributed by atoms with Gasteiger partial charge in [-0.05, 0) is 25.5 Å². The van der Waals surface area contributed by atoms with Crippen LogP contribution in [0.2, 0.25) is 0 Å². The molecule has 0 radical (unpaired) electrons. The number of aromatic nitrogens is 2. The Morgan fingerprint density at radius 1 is 1.24 bits per heavy atom. The van der Waals surface area contributed by atoms with Gasteiger partial charge in [-0.1, -0.05) is 41.3 Å². The largest absolute Gasteiger partial charge is 0.355 e. The van der Waals surface area contributed by atoms with Crippen molar-refractivity contribution in [1.82, 2.24) is 15.5 Å². The van der Waals surface area contributed by atoms with Crippen LogP contribution in [-0.4, -0.2) is 34.2 Å². The van der Waals surface area contributed by atoms with Gasteiger partial charge in [0.1, 0.15) is 5.01 Å². The molecule has 1 N–H and O–H groups in total. The average molecular weight is 340 g/mol. The predicted molar refractivity (Wildman–Crippen MR) is 90.2 cm³/mol. The van der Waals surface area contributed by atoms with Crippen LogP contribution in [-0.2, 0) is 4.79 Å². The number of nitrogens with one attached hydrogen (secondary N) is 1. The lowest BCUT2D eigenvalue weighted by molar-refractivity contribution is -0.118. The Morgan fingerprint density at radius 2 is 2.05 bits per heavy atom. The van der Waals surface area contributed by atoms with E-state index in [1.165, 1.54) is 0 Å².